The third kappa shape index (κ3) is 4.56. The van der Waals surface area contributed by atoms with E-state index in [1.165, 1.54) is 6.07 Å². The van der Waals surface area contributed by atoms with E-state index in [0.717, 1.165) is 42.5 Å². The molecule has 1 aliphatic rings. The Kier molecular flexibility index (Phi) is 6.62. The van der Waals surface area contributed by atoms with Crippen molar-refractivity contribution in [3.63, 3.8) is 0 Å². The van der Waals surface area contributed by atoms with Gasteiger partial charge in [0.05, 0.1) is 29.5 Å². The Morgan fingerprint density at radius 1 is 1.22 bits per heavy atom. The van der Waals surface area contributed by atoms with Gasteiger partial charge in [0, 0.05) is 32.3 Å². The van der Waals surface area contributed by atoms with Crippen LogP contribution in [0.3, 0.4) is 0 Å². The number of imidazole rings is 1. The number of aromatic hydroxyl groups is 2. The molecule has 2 aromatic carbocycles. The van der Waals surface area contributed by atoms with E-state index in [9.17, 15) is 15.0 Å². The Morgan fingerprint density at radius 3 is 2.75 bits per heavy atom. The van der Waals surface area contributed by atoms with Gasteiger partial charge in [0.2, 0.25) is 0 Å². The predicted octanol–water partition coefficient (Wildman–Crippen LogP) is 3.48. The molecule has 8 heteroatoms. The summed E-state index contributed by atoms with van der Waals surface area (Å²) in [6, 6.07) is 10.5. The summed E-state index contributed by atoms with van der Waals surface area (Å²) in [5, 5.41) is 19.9. The molecule has 2 N–H and O–H groups in total. The molecular formula is C24H29N3O5. The van der Waals surface area contributed by atoms with Gasteiger partial charge in [-0.2, -0.15) is 0 Å². The number of carbonyl (C=O) groups is 1. The van der Waals surface area contributed by atoms with Crippen molar-refractivity contribution in [1.82, 2.24) is 14.5 Å². The summed E-state index contributed by atoms with van der Waals surface area (Å²) in [6.07, 6.45) is 3.00. The molecular weight excluding hydrogens is 410 g/mol. The number of fused-ring (bicyclic) bond motifs is 1. The summed E-state index contributed by atoms with van der Waals surface area (Å²) in [5.74, 6) is -0.332. The van der Waals surface area contributed by atoms with E-state index in [1.54, 1.807) is 25.6 Å². The van der Waals surface area contributed by atoms with Crippen LogP contribution in [0.15, 0.2) is 42.7 Å². The van der Waals surface area contributed by atoms with Gasteiger partial charge in [-0.25, -0.2) is 9.78 Å². The molecule has 1 fully saturated rings. The number of piperidine rings is 1. The Morgan fingerprint density at radius 2 is 2.00 bits per heavy atom. The highest BCUT2D eigenvalue weighted by Crippen LogP contribution is 2.38. The minimum absolute atomic E-state index is 0.0365. The van der Waals surface area contributed by atoms with Crippen molar-refractivity contribution in [2.45, 2.75) is 38.5 Å². The molecule has 0 radical (unpaired) electrons. The summed E-state index contributed by atoms with van der Waals surface area (Å²) in [7, 11) is 1.65. The second-order valence-electron chi connectivity index (χ2n) is 8.16. The maximum absolute atomic E-state index is 12.8. The molecule has 1 aliphatic heterocycles. The predicted molar refractivity (Wildman–Crippen MR) is 120 cm³/mol. The van der Waals surface area contributed by atoms with Crippen molar-refractivity contribution < 1.29 is 24.5 Å². The molecule has 4 rings (SSSR count). The molecule has 1 unspecified atom stereocenters. The lowest BCUT2D eigenvalue weighted by atomic mass is 9.88. The number of aromatic nitrogens is 2. The smallest absolute Gasteiger partial charge is 0.339 e. The maximum atomic E-state index is 12.8. The minimum atomic E-state index is -0.369. The number of benzene rings is 2. The largest absolute Gasteiger partial charge is 0.504 e. The molecule has 0 spiro atoms. The Hall–Kier alpha value is -3.10. The summed E-state index contributed by atoms with van der Waals surface area (Å²) in [6.45, 7) is 4.57. The normalized spacial score (nSPS) is 16.3. The SMILES string of the molecule is COCCn1cnc2ccc(C(=O)OC(C)N3CCC(c4cccc(O)c4O)CC3)cc21. The monoisotopic (exact) mass is 439 g/mol. The number of carbonyl (C=O) groups excluding carboxylic acids is 1. The number of hydrogen-bond donors (Lipinski definition) is 2. The lowest BCUT2D eigenvalue weighted by Crippen LogP contribution is -2.41. The lowest BCUT2D eigenvalue weighted by Gasteiger charge is -2.35. The van der Waals surface area contributed by atoms with Gasteiger partial charge >= 0.3 is 5.97 Å². The molecule has 0 saturated carbocycles. The van der Waals surface area contributed by atoms with Gasteiger partial charge in [-0.1, -0.05) is 12.1 Å². The highest BCUT2D eigenvalue weighted by molar-refractivity contribution is 5.93. The first-order chi connectivity index (χ1) is 15.5. The maximum Gasteiger partial charge on any atom is 0.339 e. The van der Waals surface area contributed by atoms with E-state index < -0.39 is 0 Å². The molecule has 0 bridgehead atoms. The molecule has 0 amide bonds. The molecule has 32 heavy (non-hydrogen) atoms. The number of para-hydroxylation sites is 1. The van der Waals surface area contributed by atoms with Crippen LogP contribution in [0.4, 0.5) is 0 Å². The van der Waals surface area contributed by atoms with Gasteiger partial charge in [-0.15, -0.1) is 0 Å². The minimum Gasteiger partial charge on any atom is -0.504 e. The average Bonchev–Trinajstić information content (AvgIpc) is 3.21. The Bertz CT molecular complexity index is 1090. The second kappa shape index (κ2) is 9.58. The van der Waals surface area contributed by atoms with Gasteiger partial charge in [0.1, 0.15) is 0 Å². The molecule has 1 saturated heterocycles. The van der Waals surface area contributed by atoms with Crippen LogP contribution in [0.2, 0.25) is 0 Å². The number of ether oxygens (including phenoxy) is 2. The number of hydrogen-bond acceptors (Lipinski definition) is 7. The van der Waals surface area contributed by atoms with E-state index in [-0.39, 0.29) is 29.6 Å². The van der Waals surface area contributed by atoms with Gasteiger partial charge in [-0.05, 0) is 49.9 Å². The zero-order valence-electron chi connectivity index (χ0n) is 18.4. The third-order valence-electron chi connectivity index (χ3n) is 6.20. The van der Waals surface area contributed by atoms with E-state index in [0.29, 0.717) is 18.7 Å². The molecule has 2 heterocycles. The fourth-order valence-corrected chi connectivity index (χ4v) is 4.30. The van der Waals surface area contributed by atoms with E-state index >= 15 is 0 Å². The van der Waals surface area contributed by atoms with Crippen molar-refractivity contribution in [3.8, 4) is 11.5 Å². The standard InChI is InChI=1S/C24H29N3O5/c1-16(26-10-8-17(9-11-26)19-4-3-5-22(28)23(19)29)32-24(30)18-6-7-20-21(14-18)27(15-25-20)12-13-31-2/h3-7,14-17,28-29H,8-13H2,1-2H3. The quantitative estimate of drug-likeness (QED) is 0.430. The van der Waals surface area contributed by atoms with Gasteiger partial charge in [-0.3, -0.25) is 4.90 Å². The molecule has 3 aromatic rings. The van der Waals surface area contributed by atoms with Crippen LogP contribution in [-0.2, 0) is 16.0 Å². The van der Waals surface area contributed by atoms with Crippen LogP contribution in [0.25, 0.3) is 11.0 Å². The molecule has 1 aromatic heterocycles. The van der Waals surface area contributed by atoms with Crippen LogP contribution < -0.4 is 0 Å². The highest BCUT2D eigenvalue weighted by atomic mass is 16.6. The van der Waals surface area contributed by atoms with Crippen molar-refractivity contribution in [1.29, 1.82) is 0 Å². The zero-order chi connectivity index (χ0) is 22.7. The van der Waals surface area contributed by atoms with Crippen LogP contribution in [-0.4, -0.2) is 63.7 Å². The Balaban J connectivity index is 1.37. The molecule has 0 aliphatic carbocycles. The molecule has 8 nitrogen and oxygen atoms in total. The average molecular weight is 440 g/mol. The van der Waals surface area contributed by atoms with Crippen molar-refractivity contribution in [2.24, 2.45) is 0 Å². The number of phenolic OH excluding ortho intramolecular Hbond substituents is 2. The van der Waals surface area contributed by atoms with E-state index in [1.807, 2.05) is 29.7 Å². The van der Waals surface area contributed by atoms with Crippen LogP contribution in [0.1, 0.15) is 41.6 Å². The van der Waals surface area contributed by atoms with Gasteiger partial charge in [0.25, 0.3) is 0 Å². The van der Waals surface area contributed by atoms with Crippen LogP contribution >= 0.6 is 0 Å². The second-order valence-corrected chi connectivity index (χ2v) is 8.16. The molecule has 1 atom stereocenters. The lowest BCUT2D eigenvalue weighted by molar-refractivity contribution is -0.0317. The number of rotatable bonds is 7. The summed E-state index contributed by atoms with van der Waals surface area (Å²) < 4.78 is 12.8. The third-order valence-corrected chi connectivity index (χ3v) is 6.20. The van der Waals surface area contributed by atoms with E-state index in [4.69, 9.17) is 9.47 Å². The van der Waals surface area contributed by atoms with E-state index in [2.05, 4.69) is 9.88 Å². The number of likely N-dealkylation sites (tertiary alicyclic amines) is 1. The fourth-order valence-electron chi connectivity index (χ4n) is 4.30. The summed E-state index contributed by atoms with van der Waals surface area (Å²) in [4.78, 5) is 19.3. The van der Waals surface area contributed by atoms with Crippen molar-refractivity contribution >= 4 is 17.0 Å². The van der Waals surface area contributed by atoms with Crippen LogP contribution in [0.5, 0.6) is 11.5 Å². The molecule has 170 valence electrons. The Labute approximate surface area is 187 Å². The number of nitrogens with zero attached hydrogens (tertiary/aromatic N) is 3. The number of methoxy groups -OCH3 is 1. The summed E-state index contributed by atoms with van der Waals surface area (Å²) >= 11 is 0. The summed E-state index contributed by atoms with van der Waals surface area (Å²) in [5.41, 5.74) is 2.95. The number of phenols is 2. The zero-order valence-corrected chi connectivity index (χ0v) is 18.4. The van der Waals surface area contributed by atoms with Gasteiger partial charge in [0.15, 0.2) is 17.7 Å². The van der Waals surface area contributed by atoms with Crippen molar-refractivity contribution in [2.75, 3.05) is 26.8 Å². The van der Waals surface area contributed by atoms with Gasteiger partial charge < -0.3 is 24.3 Å². The first-order valence-electron chi connectivity index (χ1n) is 10.9. The van der Waals surface area contributed by atoms with Crippen molar-refractivity contribution in [3.05, 3.63) is 53.9 Å². The number of esters is 1. The fraction of sp³-hybridized carbons (Fsp3) is 0.417. The topological polar surface area (TPSA) is 97.1 Å². The first kappa shape index (κ1) is 22.1. The first-order valence-corrected chi connectivity index (χ1v) is 10.9. The highest BCUT2D eigenvalue weighted by Gasteiger charge is 2.27. The van der Waals surface area contributed by atoms with Crippen LogP contribution in [0, 0.1) is 0 Å².